The van der Waals surface area contributed by atoms with Crippen LogP contribution in [-0.2, 0) is 19.1 Å². The van der Waals surface area contributed by atoms with Gasteiger partial charge in [0.05, 0.1) is 19.2 Å². The van der Waals surface area contributed by atoms with Gasteiger partial charge in [-0.15, -0.1) is 0 Å². The maximum atomic E-state index is 11.4. The molecule has 0 aliphatic carbocycles. The van der Waals surface area contributed by atoms with E-state index < -0.39 is 18.0 Å². The van der Waals surface area contributed by atoms with Crippen LogP contribution in [0.5, 0.6) is 5.75 Å². The third kappa shape index (κ3) is 3.37. The molecule has 0 saturated heterocycles. The Morgan fingerprint density at radius 3 is 2.22 bits per heavy atom. The topological polar surface area (TPSA) is 61.8 Å². The number of hydrogen-bond donors (Lipinski definition) is 0. The van der Waals surface area contributed by atoms with Crippen molar-refractivity contribution >= 4 is 23.5 Å². The summed E-state index contributed by atoms with van der Waals surface area (Å²) < 4.78 is 14.2. The van der Waals surface area contributed by atoms with Gasteiger partial charge in [-0.05, 0) is 24.6 Å². The molecular formula is C12H13ClO5. The molecule has 0 amide bonds. The molecule has 0 atom stereocenters. The van der Waals surface area contributed by atoms with Crippen LogP contribution >= 0.6 is 11.6 Å². The highest BCUT2D eigenvalue weighted by atomic mass is 35.5. The first-order chi connectivity index (χ1) is 8.49. The number of ether oxygens (including phenoxy) is 3. The normalized spacial score (nSPS) is 10.1. The molecule has 0 spiro atoms. The Kier molecular flexibility index (Phi) is 4.97. The van der Waals surface area contributed by atoms with E-state index in [0.717, 1.165) is 19.8 Å². The van der Waals surface area contributed by atoms with E-state index in [1.807, 2.05) is 6.92 Å². The molecule has 0 unspecified atom stereocenters. The molecule has 1 aromatic carbocycles. The minimum atomic E-state index is -1.49. The number of esters is 2. The fourth-order valence-electron chi connectivity index (χ4n) is 1.23. The van der Waals surface area contributed by atoms with E-state index in [1.54, 1.807) is 18.2 Å². The van der Waals surface area contributed by atoms with Crippen molar-refractivity contribution in [3.8, 4) is 5.75 Å². The highest BCUT2D eigenvalue weighted by Gasteiger charge is 2.31. The summed E-state index contributed by atoms with van der Waals surface area (Å²) in [6.07, 6.45) is -1.49. The minimum absolute atomic E-state index is 0.220. The second kappa shape index (κ2) is 6.26. The van der Waals surface area contributed by atoms with Crippen LogP contribution in [0.1, 0.15) is 5.56 Å². The molecule has 0 radical (unpaired) electrons. The molecule has 0 bridgehead atoms. The third-order valence-electron chi connectivity index (χ3n) is 2.16. The predicted molar refractivity (Wildman–Crippen MR) is 64.6 cm³/mol. The van der Waals surface area contributed by atoms with Crippen molar-refractivity contribution in [1.29, 1.82) is 0 Å². The van der Waals surface area contributed by atoms with Crippen molar-refractivity contribution in [2.24, 2.45) is 0 Å². The van der Waals surface area contributed by atoms with Gasteiger partial charge in [-0.25, -0.2) is 9.59 Å². The molecule has 0 fully saturated rings. The average molecular weight is 273 g/mol. The largest absolute Gasteiger partial charge is 0.466 e. The van der Waals surface area contributed by atoms with E-state index in [-0.39, 0.29) is 5.75 Å². The van der Waals surface area contributed by atoms with E-state index in [9.17, 15) is 9.59 Å². The van der Waals surface area contributed by atoms with E-state index in [0.29, 0.717) is 5.02 Å². The van der Waals surface area contributed by atoms with Crippen LogP contribution < -0.4 is 4.74 Å². The van der Waals surface area contributed by atoms with Crippen LogP contribution in [0.15, 0.2) is 18.2 Å². The Morgan fingerprint density at radius 1 is 1.17 bits per heavy atom. The molecule has 0 heterocycles. The highest BCUT2D eigenvalue weighted by molar-refractivity contribution is 6.32. The summed E-state index contributed by atoms with van der Waals surface area (Å²) in [6, 6.07) is 5.00. The lowest BCUT2D eigenvalue weighted by molar-refractivity contribution is -0.163. The van der Waals surface area contributed by atoms with Gasteiger partial charge >= 0.3 is 11.9 Å². The standard InChI is InChI=1S/C12H13ClO5/c1-7-4-5-8(13)9(6-7)18-10(11(14)16-2)12(15)17-3/h4-6,10H,1-3H3. The van der Waals surface area contributed by atoms with Crippen LogP contribution in [-0.4, -0.2) is 32.3 Å². The first kappa shape index (κ1) is 14.3. The summed E-state index contributed by atoms with van der Waals surface area (Å²) in [7, 11) is 2.30. The molecule has 6 heteroatoms. The molecule has 0 N–H and O–H groups in total. The summed E-state index contributed by atoms with van der Waals surface area (Å²) in [5.41, 5.74) is 0.878. The van der Waals surface area contributed by atoms with Gasteiger partial charge in [0.2, 0.25) is 0 Å². The first-order valence-electron chi connectivity index (χ1n) is 5.08. The monoisotopic (exact) mass is 272 g/mol. The van der Waals surface area contributed by atoms with Gasteiger partial charge in [0.1, 0.15) is 5.75 Å². The van der Waals surface area contributed by atoms with Gasteiger partial charge < -0.3 is 14.2 Å². The lowest BCUT2D eigenvalue weighted by Gasteiger charge is -2.15. The lowest BCUT2D eigenvalue weighted by Crippen LogP contribution is -2.37. The van der Waals surface area contributed by atoms with Gasteiger partial charge in [0.15, 0.2) is 0 Å². The Hall–Kier alpha value is -1.75. The summed E-state index contributed by atoms with van der Waals surface area (Å²) in [5.74, 6) is -1.48. The van der Waals surface area contributed by atoms with Gasteiger partial charge in [-0.3, -0.25) is 0 Å². The van der Waals surface area contributed by atoms with E-state index >= 15 is 0 Å². The van der Waals surface area contributed by atoms with Gasteiger partial charge in [-0.1, -0.05) is 17.7 Å². The van der Waals surface area contributed by atoms with Crippen LogP contribution in [0, 0.1) is 6.92 Å². The zero-order valence-corrected chi connectivity index (χ0v) is 11.0. The SMILES string of the molecule is COC(=O)C(Oc1cc(C)ccc1Cl)C(=O)OC. The van der Waals surface area contributed by atoms with Crippen LogP contribution in [0.3, 0.4) is 0 Å². The lowest BCUT2D eigenvalue weighted by atomic mass is 10.2. The summed E-state index contributed by atoms with van der Waals surface area (Å²) in [6.45, 7) is 1.83. The van der Waals surface area contributed by atoms with Crippen LogP contribution in [0.4, 0.5) is 0 Å². The van der Waals surface area contributed by atoms with E-state index in [1.165, 1.54) is 0 Å². The second-order valence-electron chi connectivity index (χ2n) is 3.48. The second-order valence-corrected chi connectivity index (χ2v) is 3.89. The zero-order valence-electron chi connectivity index (χ0n) is 10.2. The van der Waals surface area contributed by atoms with E-state index in [2.05, 4.69) is 9.47 Å². The first-order valence-corrected chi connectivity index (χ1v) is 5.46. The molecule has 18 heavy (non-hydrogen) atoms. The number of carbonyl (C=O) groups excluding carboxylic acids is 2. The molecule has 1 aromatic rings. The number of hydrogen-bond acceptors (Lipinski definition) is 5. The molecule has 0 saturated carbocycles. The van der Waals surface area contributed by atoms with Gasteiger partial charge in [-0.2, -0.15) is 0 Å². The van der Waals surface area contributed by atoms with Crippen molar-refractivity contribution in [3.63, 3.8) is 0 Å². The molecule has 1 rings (SSSR count). The number of methoxy groups -OCH3 is 2. The van der Waals surface area contributed by atoms with Crippen molar-refractivity contribution in [2.45, 2.75) is 13.0 Å². The molecule has 0 aliphatic rings. The molecule has 98 valence electrons. The number of carbonyl (C=O) groups is 2. The maximum Gasteiger partial charge on any atom is 0.359 e. The molecule has 0 aromatic heterocycles. The summed E-state index contributed by atoms with van der Waals surface area (Å²) in [5, 5.41) is 0.290. The fraction of sp³-hybridized carbons (Fsp3) is 0.333. The zero-order chi connectivity index (χ0) is 13.7. The number of benzene rings is 1. The number of halogens is 1. The molecular weight excluding hydrogens is 260 g/mol. The third-order valence-corrected chi connectivity index (χ3v) is 2.47. The maximum absolute atomic E-state index is 11.4. The Bertz CT molecular complexity index is 442. The molecule has 5 nitrogen and oxygen atoms in total. The smallest absolute Gasteiger partial charge is 0.359 e. The van der Waals surface area contributed by atoms with Crippen molar-refractivity contribution < 1.29 is 23.8 Å². The van der Waals surface area contributed by atoms with Crippen LogP contribution in [0.2, 0.25) is 5.02 Å². The van der Waals surface area contributed by atoms with Gasteiger partial charge in [0.25, 0.3) is 6.10 Å². The number of aryl methyl sites for hydroxylation is 1. The Balaban J connectivity index is 2.99. The summed E-state index contributed by atoms with van der Waals surface area (Å²) in [4.78, 5) is 22.8. The quantitative estimate of drug-likeness (QED) is 0.617. The highest BCUT2D eigenvalue weighted by Crippen LogP contribution is 2.26. The van der Waals surface area contributed by atoms with Crippen molar-refractivity contribution in [2.75, 3.05) is 14.2 Å². The van der Waals surface area contributed by atoms with Crippen molar-refractivity contribution in [1.82, 2.24) is 0 Å². The predicted octanol–water partition coefficient (Wildman–Crippen LogP) is 1.74. The van der Waals surface area contributed by atoms with Crippen LogP contribution in [0.25, 0.3) is 0 Å². The molecule has 0 aliphatic heterocycles. The van der Waals surface area contributed by atoms with E-state index in [4.69, 9.17) is 16.3 Å². The Labute approximate surface area is 110 Å². The van der Waals surface area contributed by atoms with Gasteiger partial charge in [0, 0.05) is 0 Å². The van der Waals surface area contributed by atoms with Crippen molar-refractivity contribution in [3.05, 3.63) is 28.8 Å². The fourth-order valence-corrected chi connectivity index (χ4v) is 1.40. The average Bonchev–Trinajstić information content (AvgIpc) is 2.38. The number of rotatable bonds is 4. The minimum Gasteiger partial charge on any atom is -0.466 e. The Morgan fingerprint density at radius 2 is 1.72 bits per heavy atom. The summed E-state index contributed by atoms with van der Waals surface area (Å²) >= 11 is 5.91.